The van der Waals surface area contributed by atoms with Crippen molar-refractivity contribution in [2.24, 2.45) is 0 Å². The monoisotopic (exact) mass is 413 g/mol. The first-order chi connectivity index (χ1) is 13.7. The standard InChI is InChI=1S/C20H17FN4O3S/c1-3-24-18(22)16(29(27,28)14-7-5-13(21)6-8-14)10-15-19(24)23-17-9-4-12(2)11-25(17)20(15)26/h4-11,22H,3H2,1-2H3/p+1. The molecule has 0 atom stereocenters. The number of benzene rings is 1. The number of anilines is 1. The Hall–Kier alpha value is -3.33. The SMILES string of the molecule is CC[n+]1c(N)c(S(=O)(=O)c2ccc(F)cc2)cc2c(=O)n3cc(C)ccc3nc21. The molecule has 0 radical (unpaired) electrons. The number of aromatic nitrogens is 3. The van der Waals surface area contributed by atoms with Crippen LogP contribution >= 0.6 is 0 Å². The predicted molar refractivity (Wildman–Crippen MR) is 106 cm³/mol. The topological polar surface area (TPSA) is 98.4 Å². The van der Waals surface area contributed by atoms with Crippen LogP contribution in [0.25, 0.3) is 16.7 Å². The highest BCUT2D eigenvalue weighted by Gasteiger charge is 2.29. The summed E-state index contributed by atoms with van der Waals surface area (Å²) in [7, 11) is -4.08. The van der Waals surface area contributed by atoms with E-state index in [1.807, 2.05) is 13.0 Å². The average Bonchev–Trinajstić information content (AvgIpc) is 2.69. The van der Waals surface area contributed by atoms with Gasteiger partial charge >= 0.3 is 0 Å². The summed E-state index contributed by atoms with van der Waals surface area (Å²) in [5.74, 6) is -0.587. The van der Waals surface area contributed by atoms with E-state index in [1.165, 1.54) is 27.2 Å². The molecule has 0 saturated heterocycles. The van der Waals surface area contributed by atoms with Gasteiger partial charge in [0.25, 0.3) is 11.2 Å². The van der Waals surface area contributed by atoms with Crippen LogP contribution < -0.4 is 15.9 Å². The molecule has 3 heterocycles. The lowest BCUT2D eigenvalue weighted by Crippen LogP contribution is -2.40. The van der Waals surface area contributed by atoms with Gasteiger partial charge in [-0.1, -0.05) is 11.1 Å². The number of rotatable bonds is 3. The van der Waals surface area contributed by atoms with Crippen molar-refractivity contribution in [2.45, 2.75) is 30.2 Å². The third kappa shape index (κ3) is 2.94. The molecule has 0 aliphatic rings. The second-order valence-electron chi connectivity index (χ2n) is 6.68. The minimum atomic E-state index is -4.08. The van der Waals surface area contributed by atoms with Crippen molar-refractivity contribution >= 4 is 32.3 Å². The Labute approximate surface area is 165 Å². The molecule has 1 aromatic carbocycles. The Balaban J connectivity index is 2.12. The van der Waals surface area contributed by atoms with Crippen LogP contribution in [0, 0.1) is 12.7 Å². The summed E-state index contributed by atoms with van der Waals surface area (Å²) in [5, 5.41) is 0.129. The van der Waals surface area contributed by atoms with E-state index in [1.54, 1.807) is 19.2 Å². The molecule has 0 unspecified atom stereocenters. The number of nitrogens with two attached hydrogens (primary N) is 1. The van der Waals surface area contributed by atoms with Crippen LogP contribution in [0.3, 0.4) is 0 Å². The van der Waals surface area contributed by atoms with Crippen LogP contribution in [0.5, 0.6) is 0 Å². The van der Waals surface area contributed by atoms with E-state index in [9.17, 15) is 17.6 Å². The molecule has 148 valence electrons. The maximum absolute atomic E-state index is 13.2. The second kappa shape index (κ2) is 6.63. The second-order valence-corrected chi connectivity index (χ2v) is 8.60. The smallest absolute Gasteiger partial charge is 0.278 e. The Kier molecular flexibility index (Phi) is 4.34. The number of pyridine rings is 2. The number of sulfone groups is 1. The summed E-state index contributed by atoms with van der Waals surface area (Å²) in [4.78, 5) is 17.3. The van der Waals surface area contributed by atoms with E-state index in [4.69, 9.17) is 5.73 Å². The third-order valence-corrected chi connectivity index (χ3v) is 6.59. The molecule has 0 aliphatic heterocycles. The lowest BCUT2D eigenvalue weighted by Gasteiger charge is -2.11. The van der Waals surface area contributed by atoms with E-state index in [2.05, 4.69) is 4.98 Å². The largest absolute Gasteiger partial charge is 0.317 e. The summed E-state index contributed by atoms with van der Waals surface area (Å²) in [5.41, 5.74) is 7.39. The first kappa shape index (κ1) is 19.0. The Morgan fingerprint density at radius 1 is 1.17 bits per heavy atom. The van der Waals surface area contributed by atoms with E-state index in [0.717, 1.165) is 17.7 Å². The summed E-state index contributed by atoms with van der Waals surface area (Å²) in [6.45, 7) is 3.93. The highest BCUT2D eigenvalue weighted by molar-refractivity contribution is 7.91. The van der Waals surface area contributed by atoms with Gasteiger partial charge in [-0.05, 0) is 55.8 Å². The number of nitrogens with zero attached hydrogens (tertiary/aromatic N) is 3. The number of hydrogen-bond acceptors (Lipinski definition) is 5. The number of aryl methyl sites for hydroxylation is 2. The minimum Gasteiger partial charge on any atom is -0.317 e. The van der Waals surface area contributed by atoms with Gasteiger partial charge in [-0.25, -0.2) is 17.4 Å². The highest BCUT2D eigenvalue weighted by Crippen LogP contribution is 2.26. The molecular formula is C20H18FN4O3S+. The molecule has 4 aromatic rings. The molecular weight excluding hydrogens is 395 g/mol. The van der Waals surface area contributed by atoms with Crippen molar-refractivity contribution in [2.75, 3.05) is 5.73 Å². The van der Waals surface area contributed by atoms with E-state index >= 15 is 0 Å². The maximum atomic E-state index is 13.2. The van der Waals surface area contributed by atoms with Crippen molar-refractivity contribution in [1.82, 2.24) is 9.38 Å². The Bertz CT molecular complexity index is 1450. The summed E-state index contributed by atoms with van der Waals surface area (Å²) in [6.07, 6.45) is 1.64. The Morgan fingerprint density at radius 3 is 2.52 bits per heavy atom. The van der Waals surface area contributed by atoms with Crippen LogP contribution in [0.2, 0.25) is 0 Å². The average molecular weight is 413 g/mol. The van der Waals surface area contributed by atoms with Crippen LogP contribution in [0.4, 0.5) is 10.2 Å². The molecule has 2 N–H and O–H groups in total. The van der Waals surface area contributed by atoms with Crippen molar-refractivity contribution in [1.29, 1.82) is 0 Å². The molecule has 0 amide bonds. The van der Waals surface area contributed by atoms with Crippen molar-refractivity contribution in [3.63, 3.8) is 0 Å². The Morgan fingerprint density at radius 2 is 1.86 bits per heavy atom. The summed E-state index contributed by atoms with van der Waals surface area (Å²) in [6, 6.07) is 9.25. The maximum Gasteiger partial charge on any atom is 0.278 e. The van der Waals surface area contributed by atoms with Gasteiger partial charge in [0, 0.05) is 6.20 Å². The van der Waals surface area contributed by atoms with Gasteiger partial charge < -0.3 is 5.73 Å². The fraction of sp³-hybridized carbons (Fsp3) is 0.150. The fourth-order valence-corrected chi connectivity index (χ4v) is 4.71. The molecule has 29 heavy (non-hydrogen) atoms. The van der Waals surface area contributed by atoms with Gasteiger partial charge in [0.15, 0.2) is 0 Å². The van der Waals surface area contributed by atoms with E-state index in [0.29, 0.717) is 17.8 Å². The van der Waals surface area contributed by atoms with Crippen LogP contribution in [0.15, 0.2) is 63.2 Å². The molecule has 0 fully saturated rings. The van der Waals surface area contributed by atoms with E-state index in [-0.39, 0.29) is 21.0 Å². The quantitative estimate of drug-likeness (QED) is 0.315. The zero-order valence-electron chi connectivity index (χ0n) is 15.8. The van der Waals surface area contributed by atoms with E-state index < -0.39 is 21.2 Å². The van der Waals surface area contributed by atoms with Gasteiger partial charge in [-0.3, -0.25) is 9.20 Å². The molecule has 7 nitrogen and oxygen atoms in total. The van der Waals surface area contributed by atoms with Gasteiger partial charge in [0.1, 0.15) is 16.1 Å². The van der Waals surface area contributed by atoms with Crippen LogP contribution in [-0.2, 0) is 16.4 Å². The van der Waals surface area contributed by atoms with Crippen LogP contribution in [0.1, 0.15) is 12.5 Å². The fourth-order valence-electron chi connectivity index (χ4n) is 3.31. The number of fused-ring (bicyclic) bond motifs is 2. The number of hydrogen-bond donors (Lipinski definition) is 1. The third-order valence-electron chi connectivity index (χ3n) is 4.79. The molecule has 0 saturated carbocycles. The lowest BCUT2D eigenvalue weighted by molar-refractivity contribution is -0.656. The van der Waals surface area contributed by atoms with Crippen LogP contribution in [-0.4, -0.2) is 17.8 Å². The first-order valence-corrected chi connectivity index (χ1v) is 10.4. The predicted octanol–water partition coefficient (Wildman–Crippen LogP) is 2.02. The molecule has 0 bridgehead atoms. The number of halogens is 1. The molecule has 9 heteroatoms. The summed E-state index contributed by atoms with van der Waals surface area (Å²) >= 11 is 0. The van der Waals surface area contributed by atoms with Gasteiger partial charge in [0.05, 0.1) is 11.4 Å². The van der Waals surface area contributed by atoms with Gasteiger partial charge in [-0.15, -0.1) is 0 Å². The molecule has 4 rings (SSSR count). The lowest BCUT2D eigenvalue weighted by atomic mass is 10.2. The first-order valence-electron chi connectivity index (χ1n) is 8.89. The highest BCUT2D eigenvalue weighted by atomic mass is 32.2. The van der Waals surface area contributed by atoms with Crippen molar-refractivity contribution in [3.05, 3.63) is 70.4 Å². The van der Waals surface area contributed by atoms with Gasteiger partial charge in [0.2, 0.25) is 21.3 Å². The molecule has 3 aromatic heterocycles. The summed E-state index contributed by atoms with van der Waals surface area (Å²) < 4.78 is 42.4. The van der Waals surface area contributed by atoms with Crippen molar-refractivity contribution in [3.8, 4) is 0 Å². The van der Waals surface area contributed by atoms with Gasteiger partial charge in [-0.2, -0.15) is 0 Å². The normalized spacial score (nSPS) is 12.0. The zero-order chi connectivity index (χ0) is 20.9. The minimum absolute atomic E-state index is 0.0345. The number of nitrogen functional groups attached to an aromatic ring is 1. The molecule has 0 aliphatic carbocycles. The molecule has 0 spiro atoms. The zero-order valence-corrected chi connectivity index (χ0v) is 16.6. The van der Waals surface area contributed by atoms with Crippen molar-refractivity contribution < 1.29 is 17.4 Å².